The second kappa shape index (κ2) is 9.24. The van der Waals surface area contributed by atoms with E-state index in [0.29, 0.717) is 11.4 Å². The molecule has 0 aliphatic carbocycles. The Labute approximate surface area is 206 Å². The van der Waals surface area contributed by atoms with Gasteiger partial charge in [-0.25, -0.2) is 17.5 Å². The number of aromatic nitrogens is 3. The van der Waals surface area contributed by atoms with Crippen molar-refractivity contribution in [3.05, 3.63) is 78.0 Å². The summed E-state index contributed by atoms with van der Waals surface area (Å²) in [6, 6.07) is 12.2. The van der Waals surface area contributed by atoms with Crippen molar-refractivity contribution in [3.63, 3.8) is 0 Å². The van der Waals surface area contributed by atoms with Gasteiger partial charge in [0, 0.05) is 36.9 Å². The van der Waals surface area contributed by atoms with E-state index < -0.39 is 10.0 Å². The Kier molecular flexibility index (Phi) is 6.27. The molecule has 0 unspecified atom stereocenters. The van der Waals surface area contributed by atoms with Crippen LogP contribution in [-0.4, -0.2) is 39.7 Å². The quantitative estimate of drug-likeness (QED) is 0.348. The second-order valence-corrected chi connectivity index (χ2v) is 11.5. The minimum absolute atomic E-state index is 0.0923. The van der Waals surface area contributed by atoms with Crippen LogP contribution >= 0.6 is 0 Å². The van der Waals surface area contributed by atoms with E-state index in [2.05, 4.69) is 31.1 Å². The molecule has 2 aromatic carbocycles. The van der Waals surface area contributed by atoms with E-state index in [1.165, 1.54) is 17.7 Å². The van der Waals surface area contributed by atoms with Crippen LogP contribution in [0.5, 0.6) is 0 Å². The molecule has 0 amide bonds. The summed E-state index contributed by atoms with van der Waals surface area (Å²) in [4.78, 5) is 0.377. The molecule has 35 heavy (non-hydrogen) atoms. The van der Waals surface area contributed by atoms with E-state index in [-0.39, 0.29) is 17.8 Å². The van der Waals surface area contributed by atoms with Gasteiger partial charge in [-0.3, -0.25) is 0 Å². The van der Waals surface area contributed by atoms with Gasteiger partial charge in [0.15, 0.2) is 0 Å². The highest BCUT2D eigenvalue weighted by molar-refractivity contribution is 7.89. The molecule has 0 N–H and O–H groups in total. The van der Waals surface area contributed by atoms with Gasteiger partial charge in [0.2, 0.25) is 10.0 Å². The highest BCUT2D eigenvalue weighted by atomic mass is 32.2. The van der Waals surface area contributed by atoms with E-state index in [1.807, 2.05) is 28.6 Å². The summed E-state index contributed by atoms with van der Waals surface area (Å²) in [6.07, 6.45) is 7.94. The fourth-order valence-corrected chi connectivity index (χ4v) is 7.00. The minimum Gasteiger partial charge on any atom is -0.353 e. The van der Waals surface area contributed by atoms with Crippen LogP contribution in [0.2, 0.25) is 0 Å². The summed E-state index contributed by atoms with van der Waals surface area (Å²) >= 11 is 0. The number of sulfonamides is 1. The Balaban J connectivity index is 1.38. The highest BCUT2D eigenvalue weighted by Gasteiger charge is 2.36. The molecule has 5 rings (SSSR count). The molecule has 0 saturated carbocycles. The predicted octanol–water partition coefficient (Wildman–Crippen LogP) is 5.64. The highest BCUT2D eigenvalue weighted by Crippen LogP contribution is 2.37. The molecule has 184 valence electrons. The first-order valence-corrected chi connectivity index (χ1v) is 13.6. The van der Waals surface area contributed by atoms with Crippen molar-refractivity contribution in [2.75, 3.05) is 6.54 Å². The molecule has 1 fully saturated rings. The first kappa shape index (κ1) is 23.8. The van der Waals surface area contributed by atoms with Crippen LogP contribution in [0, 0.1) is 12.7 Å². The molecular formula is C27H31FN4O2S. The average molecular weight is 495 g/mol. The number of fused-ring (bicyclic) bond motifs is 1. The maximum absolute atomic E-state index is 13.4. The fraction of sp³-hybridized carbons (Fsp3) is 0.370. The Morgan fingerprint density at radius 2 is 1.91 bits per heavy atom. The predicted molar refractivity (Wildman–Crippen MR) is 136 cm³/mol. The Morgan fingerprint density at radius 3 is 2.63 bits per heavy atom. The van der Waals surface area contributed by atoms with Gasteiger partial charge in [-0.15, -0.1) is 0 Å². The van der Waals surface area contributed by atoms with Crippen LogP contribution in [0.3, 0.4) is 0 Å². The van der Waals surface area contributed by atoms with Crippen molar-refractivity contribution in [2.45, 2.75) is 63.4 Å². The van der Waals surface area contributed by atoms with Crippen LogP contribution < -0.4 is 0 Å². The molecule has 8 heteroatoms. The van der Waals surface area contributed by atoms with Crippen LogP contribution in [-0.2, 0) is 16.6 Å². The first-order valence-electron chi connectivity index (χ1n) is 12.2. The number of aryl methyl sites for hydroxylation is 2. The smallest absolute Gasteiger partial charge is 0.244 e. The third-order valence-corrected chi connectivity index (χ3v) is 9.09. The van der Waals surface area contributed by atoms with Gasteiger partial charge in [0.05, 0.1) is 22.3 Å². The van der Waals surface area contributed by atoms with E-state index in [1.54, 1.807) is 28.7 Å². The molecule has 2 atom stereocenters. The Hall–Kier alpha value is -2.97. The Morgan fingerprint density at radius 1 is 1.14 bits per heavy atom. The third kappa shape index (κ3) is 4.41. The van der Waals surface area contributed by atoms with Crippen molar-refractivity contribution in [3.8, 4) is 5.69 Å². The normalized spacial score (nSPS) is 19.4. The van der Waals surface area contributed by atoms with Crippen LogP contribution in [0.25, 0.3) is 16.6 Å². The third-order valence-electron chi connectivity index (χ3n) is 7.09. The number of halogens is 1. The van der Waals surface area contributed by atoms with E-state index >= 15 is 0 Å². The number of benzene rings is 2. The van der Waals surface area contributed by atoms with E-state index in [0.717, 1.165) is 48.0 Å². The molecule has 6 nitrogen and oxygen atoms in total. The van der Waals surface area contributed by atoms with Gasteiger partial charge in [-0.05, 0) is 92.6 Å². The van der Waals surface area contributed by atoms with Crippen molar-refractivity contribution in [1.29, 1.82) is 0 Å². The summed E-state index contributed by atoms with van der Waals surface area (Å²) in [6.45, 7) is 7.49. The largest absolute Gasteiger partial charge is 0.353 e. The second-order valence-electron chi connectivity index (χ2n) is 9.57. The lowest BCUT2D eigenvalue weighted by molar-refractivity contribution is 0.246. The number of rotatable bonds is 6. The van der Waals surface area contributed by atoms with Crippen LogP contribution in [0.15, 0.2) is 66.0 Å². The minimum atomic E-state index is -3.52. The topological polar surface area (TPSA) is 60.1 Å². The SMILES string of the molecule is CCCn1ccc(S(=O)(=O)N2CC[C@H](c3cc4cnn(-c5ccc(F)cc5)c4cc3C)C[C@H]2C)c1. The van der Waals surface area contributed by atoms with Crippen molar-refractivity contribution < 1.29 is 12.8 Å². The molecule has 0 radical (unpaired) electrons. The average Bonchev–Trinajstić information content (AvgIpc) is 3.47. The van der Waals surface area contributed by atoms with Crippen LogP contribution in [0.4, 0.5) is 4.39 Å². The van der Waals surface area contributed by atoms with E-state index in [9.17, 15) is 12.8 Å². The zero-order valence-corrected chi connectivity index (χ0v) is 21.2. The molecular weight excluding hydrogens is 463 g/mol. The van der Waals surface area contributed by atoms with Gasteiger partial charge in [0.1, 0.15) is 5.82 Å². The van der Waals surface area contributed by atoms with Gasteiger partial charge < -0.3 is 4.57 Å². The molecule has 1 saturated heterocycles. The Bertz CT molecular complexity index is 1460. The van der Waals surface area contributed by atoms with Gasteiger partial charge in [0.25, 0.3) is 0 Å². The summed E-state index contributed by atoms with van der Waals surface area (Å²) in [5.41, 5.74) is 4.19. The molecule has 4 aromatic rings. The van der Waals surface area contributed by atoms with Gasteiger partial charge in [-0.1, -0.05) is 6.92 Å². The van der Waals surface area contributed by atoms with Crippen molar-refractivity contribution >= 4 is 20.9 Å². The lowest BCUT2D eigenvalue weighted by Gasteiger charge is -2.37. The molecule has 2 aromatic heterocycles. The lowest BCUT2D eigenvalue weighted by Crippen LogP contribution is -2.44. The molecule has 1 aliphatic rings. The summed E-state index contributed by atoms with van der Waals surface area (Å²) in [5.74, 6) is 0.00407. The lowest BCUT2D eigenvalue weighted by atomic mass is 9.84. The maximum Gasteiger partial charge on any atom is 0.244 e. The number of piperidine rings is 1. The van der Waals surface area contributed by atoms with Crippen LogP contribution in [0.1, 0.15) is 50.2 Å². The molecule has 0 bridgehead atoms. The van der Waals surface area contributed by atoms with Gasteiger partial charge in [-0.2, -0.15) is 9.40 Å². The van der Waals surface area contributed by atoms with Gasteiger partial charge >= 0.3 is 0 Å². The van der Waals surface area contributed by atoms with E-state index in [4.69, 9.17) is 0 Å². The standard InChI is InChI=1S/C27H31FN4O2S/c1-4-11-30-12-10-25(18-30)35(33,34)31-13-9-21(15-20(31)3)26-16-22-17-29-32(27(22)14-19(26)2)24-7-5-23(28)6-8-24/h5-8,10,12,14,16-18,20-21H,4,9,11,13,15H2,1-3H3/t20-,21+/m1/s1. The molecule has 1 aliphatic heterocycles. The zero-order chi connectivity index (χ0) is 24.7. The zero-order valence-electron chi connectivity index (χ0n) is 20.4. The number of hydrogen-bond donors (Lipinski definition) is 0. The monoisotopic (exact) mass is 494 g/mol. The summed E-state index contributed by atoms with van der Waals surface area (Å²) < 4.78 is 45.5. The molecule has 0 spiro atoms. The van der Waals surface area contributed by atoms with Crippen molar-refractivity contribution in [1.82, 2.24) is 18.7 Å². The first-order chi connectivity index (χ1) is 16.8. The summed E-state index contributed by atoms with van der Waals surface area (Å²) in [5, 5.41) is 5.56. The number of nitrogens with zero attached hydrogens (tertiary/aromatic N) is 4. The summed E-state index contributed by atoms with van der Waals surface area (Å²) in [7, 11) is -3.52. The molecule has 3 heterocycles. The number of hydrogen-bond acceptors (Lipinski definition) is 3. The maximum atomic E-state index is 13.4. The fourth-order valence-electron chi connectivity index (χ4n) is 5.32. The van der Waals surface area contributed by atoms with Crippen molar-refractivity contribution in [2.24, 2.45) is 0 Å².